The van der Waals surface area contributed by atoms with E-state index in [1.165, 1.54) is 51.0 Å². The molecule has 2 heterocycles. The number of rotatable bonds is 6. The highest BCUT2D eigenvalue weighted by Gasteiger charge is 2.31. The molecule has 106 valence electrons. The van der Waals surface area contributed by atoms with E-state index in [-0.39, 0.29) is 0 Å². The summed E-state index contributed by atoms with van der Waals surface area (Å²) in [6, 6.07) is 3.02. The van der Waals surface area contributed by atoms with Crippen molar-refractivity contribution < 1.29 is 0 Å². The van der Waals surface area contributed by atoms with Crippen molar-refractivity contribution in [2.75, 3.05) is 19.6 Å². The number of hydrogen-bond donors (Lipinski definition) is 1. The molecule has 0 unspecified atom stereocenters. The van der Waals surface area contributed by atoms with E-state index in [2.05, 4.69) is 33.0 Å². The van der Waals surface area contributed by atoms with Crippen LogP contribution in [-0.4, -0.2) is 40.4 Å². The maximum absolute atomic E-state index is 4.39. The van der Waals surface area contributed by atoms with Crippen LogP contribution in [0.15, 0.2) is 12.3 Å². The molecule has 0 atom stereocenters. The van der Waals surface area contributed by atoms with Gasteiger partial charge in [0.15, 0.2) is 0 Å². The summed E-state index contributed by atoms with van der Waals surface area (Å²) >= 11 is 0. The average molecular weight is 262 g/mol. The minimum absolute atomic E-state index is 0.843. The highest BCUT2D eigenvalue weighted by Crippen LogP contribution is 2.30. The third kappa shape index (κ3) is 3.37. The lowest BCUT2D eigenvalue weighted by molar-refractivity contribution is 0.186. The maximum Gasteiger partial charge on any atom is 0.0524 e. The Morgan fingerprint density at radius 2 is 2.11 bits per heavy atom. The first-order valence-corrected chi connectivity index (χ1v) is 7.82. The SMILES string of the molecule is CCn1nccc1CN(CC1CCNCC1)C1CC1. The van der Waals surface area contributed by atoms with Crippen molar-refractivity contribution in [3.05, 3.63) is 18.0 Å². The molecule has 1 aliphatic carbocycles. The third-order valence-electron chi connectivity index (χ3n) is 4.48. The van der Waals surface area contributed by atoms with Crippen molar-refractivity contribution in [3.8, 4) is 0 Å². The normalized spacial score (nSPS) is 21.2. The molecule has 4 heteroatoms. The van der Waals surface area contributed by atoms with Gasteiger partial charge < -0.3 is 5.32 Å². The van der Waals surface area contributed by atoms with Gasteiger partial charge in [-0.2, -0.15) is 5.10 Å². The summed E-state index contributed by atoms with van der Waals surface area (Å²) in [4.78, 5) is 2.71. The second-order valence-electron chi connectivity index (χ2n) is 5.99. The Balaban J connectivity index is 1.60. The molecule has 0 bridgehead atoms. The number of aromatic nitrogens is 2. The van der Waals surface area contributed by atoms with Crippen LogP contribution in [0.5, 0.6) is 0 Å². The molecule has 0 radical (unpaired) electrons. The minimum Gasteiger partial charge on any atom is -0.317 e. The fourth-order valence-corrected chi connectivity index (χ4v) is 3.17. The third-order valence-corrected chi connectivity index (χ3v) is 4.48. The lowest BCUT2D eigenvalue weighted by atomic mass is 9.97. The van der Waals surface area contributed by atoms with Crippen LogP contribution in [0.3, 0.4) is 0 Å². The van der Waals surface area contributed by atoms with Crippen LogP contribution < -0.4 is 5.32 Å². The summed E-state index contributed by atoms with van der Waals surface area (Å²) in [7, 11) is 0. The van der Waals surface area contributed by atoms with Crippen molar-refractivity contribution in [2.24, 2.45) is 5.92 Å². The van der Waals surface area contributed by atoms with Gasteiger partial charge >= 0.3 is 0 Å². The Morgan fingerprint density at radius 3 is 2.79 bits per heavy atom. The zero-order valence-electron chi connectivity index (χ0n) is 12.0. The number of aryl methyl sites for hydroxylation is 1. The smallest absolute Gasteiger partial charge is 0.0524 e. The second kappa shape index (κ2) is 6.06. The number of piperidine rings is 1. The van der Waals surface area contributed by atoms with Gasteiger partial charge in [-0.05, 0) is 57.7 Å². The lowest BCUT2D eigenvalue weighted by Crippen LogP contribution is -2.37. The van der Waals surface area contributed by atoms with Gasteiger partial charge in [0.2, 0.25) is 0 Å². The predicted molar refractivity (Wildman–Crippen MR) is 76.9 cm³/mol. The molecule has 1 aromatic heterocycles. The minimum atomic E-state index is 0.843. The van der Waals surface area contributed by atoms with E-state index in [4.69, 9.17) is 0 Å². The summed E-state index contributed by atoms with van der Waals surface area (Å²) in [6.07, 6.45) is 7.41. The molecule has 1 N–H and O–H groups in total. The largest absolute Gasteiger partial charge is 0.317 e. The molecule has 4 nitrogen and oxygen atoms in total. The summed E-state index contributed by atoms with van der Waals surface area (Å²) in [5, 5.41) is 7.86. The fourth-order valence-electron chi connectivity index (χ4n) is 3.17. The maximum atomic E-state index is 4.39. The van der Waals surface area contributed by atoms with Crippen LogP contribution in [0, 0.1) is 5.92 Å². The standard InChI is InChI=1S/C15H26N4/c1-2-19-15(7-10-17-19)12-18(14-3-4-14)11-13-5-8-16-9-6-13/h7,10,13-14,16H,2-6,8-9,11-12H2,1H3. The number of nitrogens with zero attached hydrogens (tertiary/aromatic N) is 3. The second-order valence-corrected chi connectivity index (χ2v) is 5.99. The van der Waals surface area contributed by atoms with Crippen LogP contribution in [0.2, 0.25) is 0 Å². The molecule has 1 saturated heterocycles. The molecule has 2 fully saturated rings. The van der Waals surface area contributed by atoms with E-state index < -0.39 is 0 Å². The molecular weight excluding hydrogens is 236 g/mol. The van der Waals surface area contributed by atoms with Gasteiger partial charge in [0.25, 0.3) is 0 Å². The summed E-state index contributed by atoms with van der Waals surface area (Å²) < 4.78 is 2.14. The van der Waals surface area contributed by atoms with E-state index in [0.29, 0.717) is 0 Å². The molecule has 1 saturated carbocycles. The average Bonchev–Trinajstić information content (AvgIpc) is 3.20. The van der Waals surface area contributed by atoms with Gasteiger partial charge in [-0.3, -0.25) is 9.58 Å². The van der Waals surface area contributed by atoms with E-state index in [1.807, 2.05) is 6.20 Å². The Hall–Kier alpha value is -0.870. The fraction of sp³-hybridized carbons (Fsp3) is 0.800. The first-order valence-electron chi connectivity index (χ1n) is 7.82. The molecule has 0 amide bonds. The van der Waals surface area contributed by atoms with E-state index in [9.17, 15) is 0 Å². The molecule has 3 rings (SSSR count). The summed E-state index contributed by atoms with van der Waals surface area (Å²) in [5.74, 6) is 0.889. The van der Waals surface area contributed by atoms with Crippen LogP contribution in [0.25, 0.3) is 0 Å². The van der Waals surface area contributed by atoms with E-state index >= 15 is 0 Å². The predicted octanol–water partition coefficient (Wildman–Crippen LogP) is 1.87. The topological polar surface area (TPSA) is 33.1 Å². The Kier molecular flexibility index (Phi) is 4.18. The van der Waals surface area contributed by atoms with Crippen molar-refractivity contribution in [1.29, 1.82) is 0 Å². The molecule has 19 heavy (non-hydrogen) atoms. The van der Waals surface area contributed by atoms with Crippen LogP contribution in [0.1, 0.15) is 38.3 Å². The highest BCUT2D eigenvalue weighted by atomic mass is 15.3. The number of nitrogens with one attached hydrogen (secondary N) is 1. The van der Waals surface area contributed by atoms with Gasteiger partial charge in [-0.15, -0.1) is 0 Å². The van der Waals surface area contributed by atoms with E-state index in [1.54, 1.807) is 0 Å². The first kappa shape index (κ1) is 13.1. The van der Waals surface area contributed by atoms with Gasteiger partial charge in [-0.25, -0.2) is 0 Å². The monoisotopic (exact) mass is 262 g/mol. The van der Waals surface area contributed by atoms with Crippen LogP contribution in [0.4, 0.5) is 0 Å². The molecule has 0 aromatic carbocycles. The summed E-state index contributed by atoms with van der Waals surface area (Å²) in [6.45, 7) is 7.93. The van der Waals surface area contributed by atoms with Crippen molar-refractivity contribution in [3.63, 3.8) is 0 Å². The van der Waals surface area contributed by atoms with Gasteiger partial charge in [0, 0.05) is 31.9 Å². The van der Waals surface area contributed by atoms with Crippen molar-refractivity contribution >= 4 is 0 Å². The van der Waals surface area contributed by atoms with Crippen molar-refractivity contribution in [2.45, 2.75) is 51.7 Å². The number of hydrogen-bond acceptors (Lipinski definition) is 3. The highest BCUT2D eigenvalue weighted by molar-refractivity contribution is 5.02. The quantitative estimate of drug-likeness (QED) is 0.849. The van der Waals surface area contributed by atoms with Crippen molar-refractivity contribution in [1.82, 2.24) is 20.0 Å². The zero-order valence-corrected chi connectivity index (χ0v) is 12.0. The van der Waals surface area contributed by atoms with Gasteiger partial charge in [0.1, 0.15) is 0 Å². The Bertz CT molecular complexity index is 391. The molecular formula is C15H26N4. The summed E-state index contributed by atoms with van der Waals surface area (Å²) in [5.41, 5.74) is 1.38. The van der Waals surface area contributed by atoms with Gasteiger partial charge in [0.05, 0.1) is 5.69 Å². The Morgan fingerprint density at radius 1 is 1.32 bits per heavy atom. The van der Waals surface area contributed by atoms with Gasteiger partial charge in [-0.1, -0.05) is 0 Å². The first-order chi connectivity index (χ1) is 9.36. The molecule has 1 aliphatic heterocycles. The van der Waals surface area contributed by atoms with Crippen LogP contribution in [-0.2, 0) is 13.1 Å². The molecule has 1 aromatic rings. The van der Waals surface area contributed by atoms with Crippen LogP contribution >= 0.6 is 0 Å². The molecule has 0 spiro atoms. The molecule has 2 aliphatic rings. The lowest BCUT2D eigenvalue weighted by Gasteiger charge is -2.30. The Labute approximate surface area is 116 Å². The van der Waals surface area contributed by atoms with E-state index in [0.717, 1.165) is 25.0 Å². The zero-order chi connectivity index (χ0) is 13.1.